The molecule has 2 N–H and O–H groups in total. The molecular weight excluding hydrogens is 262 g/mol. The number of nitrogens with zero attached hydrogens (tertiary/aromatic N) is 1. The third kappa shape index (κ3) is 4.58. The molecule has 1 atom stereocenters. The van der Waals surface area contributed by atoms with Gasteiger partial charge in [-0.05, 0) is 14.0 Å². The summed E-state index contributed by atoms with van der Waals surface area (Å²) in [5.41, 5.74) is 0.821. The third-order valence-corrected chi connectivity index (χ3v) is 4.31. The standard InChI is InChI=1S/C9H17N3O3S2/c1-7(10-2)8-6-16-9(11-8)12-17(13,14)5-4-15-3/h6-7,10H,4-5H2,1-3H3,(H,11,12). The summed E-state index contributed by atoms with van der Waals surface area (Å²) in [6, 6.07) is 0.100. The van der Waals surface area contributed by atoms with Crippen molar-refractivity contribution >= 4 is 26.5 Å². The second-order valence-corrected chi connectivity index (χ2v) is 6.20. The average molecular weight is 279 g/mol. The summed E-state index contributed by atoms with van der Waals surface area (Å²) in [5, 5.41) is 5.25. The fourth-order valence-corrected chi connectivity index (χ4v) is 3.08. The van der Waals surface area contributed by atoms with E-state index in [1.165, 1.54) is 18.4 Å². The van der Waals surface area contributed by atoms with Crippen molar-refractivity contribution in [3.63, 3.8) is 0 Å². The van der Waals surface area contributed by atoms with Gasteiger partial charge in [-0.25, -0.2) is 13.4 Å². The maximum absolute atomic E-state index is 11.6. The molecule has 0 fully saturated rings. The van der Waals surface area contributed by atoms with E-state index in [-0.39, 0.29) is 18.4 Å². The van der Waals surface area contributed by atoms with Crippen molar-refractivity contribution in [2.75, 3.05) is 31.2 Å². The third-order valence-electron chi connectivity index (χ3n) is 2.20. The lowest BCUT2D eigenvalue weighted by Gasteiger charge is -2.06. The highest BCUT2D eigenvalue weighted by Crippen LogP contribution is 2.21. The molecule has 0 spiro atoms. The minimum Gasteiger partial charge on any atom is -0.384 e. The molecule has 1 aromatic heterocycles. The van der Waals surface area contributed by atoms with Crippen LogP contribution in [0.5, 0.6) is 0 Å². The van der Waals surface area contributed by atoms with E-state index >= 15 is 0 Å². The minimum absolute atomic E-state index is 0.0694. The van der Waals surface area contributed by atoms with Gasteiger partial charge in [0.1, 0.15) is 0 Å². The highest BCUT2D eigenvalue weighted by atomic mass is 32.2. The molecule has 0 amide bonds. The van der Waals surface area contributed by atoms with Gasteiger partial charge in [0.05, 0.1) is 18.1 Å². The topological polar surface area (TPSA) is 80.3 Å². The van der Waals surface area contributed by atoms with Crippen LogP contribution in [0.4, 0.5) is 5.13 Å². The van der Waals surface area contributed by atoms with Gasteiger partial charge in [0.15, 0.2) is 5.13 Å². The first kappa shape index (κ1) is 14.4. The van der Waals surface area contributed by atoms with Crippen LogP contribution in [-0.4, -0.2) is 39.9 Å². The molecule has 0 saturated heterocycles. The smallest absolute Gasteiger partial charge is 0.236 e. The molecule has 0 saturated carbocycles. The zero-order chi connectivity index (χ0) is 12.9. The lowest BCUT2D eigenvalue weighted by molar-refractivity contribution is 0.217. The number of aromatic nitrogens is 1. The van der Waals surface area contributed by atoms with E-state index in [1.54, 1.807) is 0 Å². The molecule has 0 aliphatic heterocycles. The Morgan fingerprint density at radius 3 is 2.88 bits per heavy atom. The van der Waals surface area contributed by atoms with E-state index in [0.29, 0.717) is 5.13 Å². The second kappa shape index (κ2) is 6.29. The molecule has 17 heavy (non-hydrogen) atoms. The zero-order valence-corrected chi connectivity index (χ0v) is 11.7. The summed E-state index contributed by atoms with van der Waals surface area (Å²) in [6.07, 6.45) is 0. The Balaban J connectivity index is 2.66. The van der Waals surface area contributed by atoms with Crippen molar-refractivity contribution in [1.82, 2.24) is 10.3 Å². The SMILES string of the molecule is CNC(C)c1csc(NS(=O)(=O)CCOC)n1. The van der Waals surface area contributed by atoms with Gasteiger partial charge in [-0.2, -0.15) is 0 Å². The Bertz CT molecular complexity index is 444. The molecule has 98 valence electrons. The Hall–Kier alpha value is -0.700. The second-order valence-electron chi connectivity index (χ2n) is 3.50. The number of methoxy groups -OCH3 is 1. The van der Waals surface area contributed by atoms with Crippen molar-refractivity contribution in [3.05, 3.63) is 11.1 Å². The summed E-state index contributed by atoms with van der Waals surface area (Å²) >= 11 is 1.27. The first-order valence-electron chi connectivity index (χ1n) is 5.10. The van der Waals surface area contributed by atoms with E-state index in [4.69, 9.17) is 4.74 Å². The lowest BCUT2D eigenvalue weighted by atomic mass is 10.3. The number of hydrogen-bond donors (Lipinski definition) is 2. The first-order valence-corrected chi connectivity index (χ1v) is 7.64. The van der Waals surface area contributed by atoms with E-state index < -0.39 is 10.0 Å². The van der Waals surface area contributed by atoms with Crippen molar-refractivity contribution in [1.29, 1.82) is 0 Å². The van der Waals surface area contributed by atoms with E-state index in [2.05, 4.69) is 15.0 Å². The number of hydrogen-bond acceptors (Lipinski definition) is 6. The average Bonchev–Trinajstić information content (AvgIpc) is 2.73. The maximum atomic E-state index is 11.6. The zero-order valence-electron chi connectivity index (χ0n) is 10.1. The molecule has 1 aromatic rings. The first-order chi connectivity index (χ1) is 7.98. The molecule has 8 heteroatoms. The molecule has 0 bridgehead atoms. The van der Waals surface area contributed by atoms with Crippen LogP contribution < -0.4 is 10.0 Å². The summed E-state index contributed by atoms with van der Waals surface area (Å²) in [7, 11) is -0.0736. The van der Waals surface area contributed by atoms with Crippen LogP contribution in [0.25, 0.3) is 0 Å². The van der Waals surface area contributed by atoms with Crippen molar-refractivity contribution in [2.45, 2.75) is 13.0 Å². The van der Waals surface area contributed by atoms with Gasteiger partial charge in [-0.3, -0.25) is 4.72 Å². The van der Waals surface area contributed by atoms with Crippen LogP contribution in [0, 0.1) is 0 Å². The van der Waals surface area contributed by atoms with Gasteiger partial charge < -0.3 is 10.1 Å². The van der Waals surface area contributed by atoms with Gasteiger partial charge in [0, 0.05) is 18.5 Å². The van der Waals surface area contributed by atoms with Crippen LogP contribution in [0.2, 0.25) is 0 Å². The number of rotatable bonds is 7. The largest absolute Gasteiger partial charge is 0.384 e. The van der Waals surface area contributed by atoms with Gasteiger partial charge in [0.25, 0.3) is 0 Å². The fraction of sp³-hybridized carbons (Fsp3) is 0.667. The maximum Gasteiger partial charge on any atom is 0.236 e. The Morgan fingerprint density at radius 1 is 1.59 bits per heavy atom. The molecule has 1 rings (SSSR count). The van der Waals surface area contributed by atoms with Gasteiger partial charge >= 0.3 is 0 Å². The predicted molar refractivity (Wildman–Crippen MR) is 68.9 cm³/mol. The number of anilines is 1. The normalized spacial score (nSPS) is 13.6. The predicted octanol–water partition coefficient (Wildman–Crippen LogP) is 0.812. The summed E-state index contributed by atoms with van der Waals surface area (Å²) < 4.78 is 30.3. The highest BCUT2D eigenvalue weighted by Gasteiger charge is 2.14. The van der Waals surface area contributed by atoms with Gasteiger partial charge in [0.2, 0.25) is 10.0 Å². The van der Waals surface area contributed by atoms with Gasteiger partial charge in [-0.1, -0.05) is 0 Å². The quantitative estimate of drug-likeness (QED) is 0.772. The molecule has 6 nitrogen and oxygen atoms in total. The number of thiazole rings is 1. The summed E-state index contributed by atoms with van der Waals surface area (Å²) in [6.45, 7) is 2.12. The van der Waals surface area contributed by atoms with Crippen LogP contribution >= 0.6 is 11.3 Å². The lowest BCUT2D eigenvalue weighted by Crippen LogP contribution is -2.20. The number of ether oxygens (including phenoxy) is 1. The molecule has 0 aliphatic rings. The molecule has 1 heterocycles. The van der Waals surface area contributed by atoms with Crippen LogP contribution in [0.1, 0.15) is 18.7 Å². The molecule has 1 unspecified atom stereocenters. The van der Waals surface area contributed by atoms with Crippen LogP contribution in [0.15, 0.2) is 5.38 Å². The van der Waals surface area contributed by atoms with Crippen LogP contribution in [0.3, 0.4) is 0 Å². The number of nitrogens with one attached hydrogen (secondary N) is 2. The monoisotopic (exact) mass is 279 g/mol. The van der Waals surface area contributed by atoms with Crippen LogP contribution in [-0.2, 0) is 14.8 Å². The van der Waals surface area contributed by atoms with E-state index in [0.717, 1.165) is 5.69 Å². The summed E-state index contributed by atoms with van der Waals surface area (Å²) in [4.78, 5) is 4.20. The Kier molecular flexibility index (Phi) is 5.31. The molecule has 0 radical (unpaired) electrons. The van der Waals surface area contributed by atoms with Crippen molar-refractivity contribution in [3.8, 4) is 0 Å². The minimum atomic E-state index is -3.36. The van der Waals surface area contributed by atoms with Crippen molar-refractivity contribution in [2.24, 2.45) is 0 Å². The number of sulfonamides is 1. The van der Waals surface area contributed by atoms with Crippen molar-refractivity contribution < 1.29 is 13.2 Å². The Morgan fingerprint density at radius 2 is 2.29 bits per heavy atom. The molecular formula is C9H17N3O3S2. The fourth-order valence-electron chi connectivity index (χ4n) is 1.06. The summed E-state index contributed by atoms with van der Waals surface area (Å²) in [5.74, 6) is -0.0694. The highest BCUT2D eigenvalue weighted by molar-refractivity contribution is 7.92. The Labute approximate surface area is 105 Å². The van der Waals surface area contributed by atoms with E-state index in [1.807, 2.05) is 19.4 Å². The van der Waals surface area contributed by atoms with Gasteiger partial charge in [-0.15, -0.1) is 11.3 Å². The van der Waals surface area contributed by atoms with E-state index in [9.17, 15) is 8.42 Å². The molecule has 0 aromatic carbocycles. The molecule has 0 aliphatic carbocycles.